The van der Waals surface area contributed by atoms with E-state index in [1.54, 1.807) is 0 Å². The van der Waals surface area contributed by atoms with Crippen LogP contribution in [0.25, 0.3) is 11.0 Å². The van der Waals surface area contributed by atoms with Crippen molar-refractivity contribution in [1.82, 2.24) is 4.90 Å². The Hall–Kier alpha value is -2.14. The zero-order valence-corrected chi connectivity index (χ0v) is 20.6. The number of likely N-dealkylation sites (tertiary alicyclic amines) is 1. The largest absolute Gasteiger partial charge is 0.490 e. The number of nitrogens with zero attached hydrogens (tertiary/aromatic N) is 1. The first kappa shape index (κ1) is 22.3. The van der Waals surface area contributed by atoms with Gasteiger partial charge in [-0.15, -0.1) is 0 Å². The van der Waals surface area contributed by atoms with Gasteiger partial charge >= 0.3 is 5.63 Å². The molecule has 1 aliphatic heterocycles. The standard InChI is InChI=1S/C29H37NO4/c1-18-26(33-25-5-7-30(2)8-6-25)4-3-22-12-23(28(32)34-27(18)22)13-24(31)17-29-14-19-9-20(15-29)11-21(10-19)16-29/h3-4,12,19-21,25H,5-11,13-17H2,1-2H3. The predicted molar refractivity (Wildman–Crippen MR) is 132 cm³/mol. The van der Waals surface area contributed by atoms with Gasteiger partial charge in [-0.05, 0) is 107 Å². The molecule has 0 atom stereocenters. The number of aryl methyl sites for hydroxylation is 1. The molecule has 7 rings (SSSR count). The van der Waals surface area contributed by atoms with E-state index < -0.39 is 0 Å². The molecule has 4 saturated carbocycles. The Balaban J connectivity index is 1.17. The number of piperidine rings is 1. The molecule has 2 aromatic rings. The molecule has 4 bridgehead atoms. The van der Waals surface area contributed by atoms with Gasteiger partial charge in [0.05, 0.1) is 0 Å². The lowest BCUT2D eigenvalue weighted by Gasteiger charge is -2.56. The molecule has 0 amide bonds. The number of benzene rings is 1. The summed E-state index contributed by atoms with van der Waals surface area (Å²) < 4.78 is 12.0. The summed E-state index contributed by atoms with van der Waals surface area (Å²) in [6.07, 6.45) is 10.8. The van der Waals surface area contributed by atoms with E-state index >= 15 is 0 Å². The number of hydrogen-bond acceptors (Lipinski definition) is 5. The average Bonchev–Trinajstić information content (AvgIpc) is 2.77. The van der Waals surface area contributed by atoms with E-state index in [0.717, 1.165) is 60.4 Å². The average molecular weight is 464 g/mol. The van der Waals surface area contributed by atoms with Crippen molar-refractivity contribution in [1.29, 1.82) is 0 Å². The number of carbonyl (C=O) groups is 1. The van der Waals surface area contributed by atoms with Crippen LogP contribution in [-0.4, -0.2) is 36.9 Å². The number of ketones is 1. The molecule has 0 spiro atoms. The van der Waals surface area contributed by atoms with Crippen LogP contribution in [-0.2, 0) is 11.2 Å². The number of carbonyl (C=O) groups excluding carboxylic acids is 1. The van der Waals surface area contributed by atoms with Crippen molar-refractivity contribution < 1.29 is 13.9 Å². The molecule has 0 radical (unpaired) electrons. The Morgan fingerprint density at radius 3 is 2.38 bits per heavy atom. The van der Waals surface area contributed by atoms with Crippen molar-refractivity contribution in [2.24, 2.45) is 23.2 Å². The Morgan fingerprint density at radius 1 is 1.09 bits per heavy atom. The first-order valence-electron chi connectivity index (χ1n) is 13.3. The Bertz CT molecular complexity index is 1120. The maximum Gasteiger partial charge on any atom is 0.339 e. The molecule has 182 valence electrons. The zero-order valence-electron chi connectivity index (χ0n) is 20.6. The van der Waals surface area contributed by atoms with E-state index in [0.29, 0.717) is 17.6 Å². The topological polar surface area (TPSA) is 59.8 Å². The minimum Gasteiger partial charge on any atom is -0.490 e. The molecule has 0 N–H and O–H groups in total. The summed E-state index contributed by atoms with van der Waals surface area (Å²) in [5.74, 6) is 3.49. The number of rotatable bonds is 6. The zero-order chi connectivity index (χ0) is 23.4. The Kier molecular flexibility index (Phi) is 5.59. The van der Waals surface area contributed by atoms with Gasteiger partial charge in [0, 0.05) is 42.4 Å². The van der Waals surface area contributed by atoms with E-state index in [4.69, 9.17) is 9.15 Å². The third-order valence-electron chi connectivity index (χ3n) is 9.26. The monoisotopic (exact) mass is 463 g/mol. The summed E-state index contributed by atoms with van der Waals surface area (Å²) in [5.41, 5.74) is 1.75. The van der Waals surface area contributed by atoms with Gasteiger partial charge in [0.15, 0.2) is 0 Å². The molecular formula is C29H37NO4. The van der Waals surface area contributed by atoms with Gasteiger partial charge in [0.25, 0.3) is 0 Å². The minimum absolute atomic E-state index is 0.187. The predicted octanol–water partition coefficient (Wildman–Crippen LogP) is 5.29. The lowest BCUT2D eigenvalue weighted by atomic mass is 9.48. The second-order valence-electron chi connectivity index (χ2n) is 12.1. The number of ether oxygens (including phenoxy) is 1. The molecule has 1 saturated heterocycles. The summed E-state index contributed by atoms with van der Waals surface area (Å²) in [7, 11) is 2.14. The van der Waals surface area contributed by atoms with Crippen LogP contribution in [0.4, 0.5) is 0 Å². The second-order valence-corrected chi connectivity index (χ2v) is 12.1. The molecule has 1 aromatic heterocycles. The van der Waals surface area contributed by atoms with Crippen LogP contribution < -0.4 is 10.4 Å². The lowest BCUT2D eigenvalue weighted by molar-refractivity contribution is -0.126. The summed E-state index contributed by atoms with van der Waals surface area (Å²) in [5, 5.41) is 0.866. The number of Topliss-reactive ketones (excluding diaryl/α,β-unsaturated/α-hetero) is 1. The molecule has 4 aliphatic carbocycles. The molecule has 0 unspecified atom stereocenters. The second kappa shape index (κ2) is 8.51. The maximum atomic E-state index is 13.1. The van der Waals surface area contributed by atoms with Crippen molar-refractivity contribution in [3.05, 3.63) is 39.7 Å². The van der Waals surface area contributed by atoms with Crippen molar-refractivity contribution in [3.8, 4) is 5.75 Å². The molecule has 5 aliphatic rings. The SMILES string of the molecule is Cc1c(OC2CCN(C)CC2)ccc2cc(CC(=O)CC34CC5CC(CC(C5)C3)C4)c(=O)oc12. The highest BCUT2D eigenvalue weighted by molar-refractivity contribution is 5.85. The van der Waals surface area contributed by atoms with E-state index in [-0.39, 0.29) is 29.3 Å². The minimum atomic E-state index is -0.383. The van der Waals surface area contributed by atoms with Gasteiger partial charge in [-0.25, -0.2) is 4.79 Å². The summed E-state index contributed by atoms with van der Waals surface area (Å²) >= 11 is 0. The fourth-order valence-corrected chi connectivity index (χ4v) is 8.08. The van der Waals surface area contributed by atoms with Crippen molar-refractivity contribution in [2.45, 2.75) is 77.2 Å². The number of hydrogen-bond donors (Lipinski definition) is 0. The molecular weight excluding hydrogens is 426 g/mol. The fraction of sp³-hybridized carbons (Fsp3) is 0.655. The van der Waals surface area contributed by atoms with E-state index in [1.165, 1.54) is 38.5 Å². The third-order valence-corrected chi connectivity index (χ3v) is 9.26. The third kappa shape index (κ3) is 4.21. The molecule has 1 aromatic carbocycles. The highest BCUT2D eigenvalue weighted by atomic mass is 16.5. The Labute approximate surface area is 201 Å². The van der Waals surface area contributed by atoms with Crippen molar-refractivity contribution >= 4 is 16.8 Å². The van der Waals surface area contributed by atoms with Crippen molar-refractivity contribution in [2.75, 3.05) is 20.1 Å². The maximum absolute atomic E-state index is 13.1. The van der Waals surface area contributed by atoms with Crippen LogP contribution in [0.1, 0.15) is 68.9 Å². The van der Waals surface area contributed by atoms with Crippen LogP contribution in [0.5, 0.6) is 5.75 Å². The van der Waals surface area contributed by atoms with E-state index in [1.807, 2.05) is 25.1 Å². The van der Waals surface area contributed by atoms with Gasteiger partial charge in [-0.3, -0.25) is 4.79 Å². The normalized spacial score (nSPS) is 31.3. The molecule has 5 fully saturated rings. The summed E-state index contributed by atoms with van der Waals surface area (Å²) in [6, 6.07) is 5.81. The summed E-state index contributed by atoms with van der Waals surface area (Å²) in [6.45, 7) is 4.02. The van der Waals surface area contributed by atoms with Crippen LogP contribution >= 0.6 is 0 Å². The first-order valence-corrected chi connectivity index (χ1v) is 13.3. The fourth-order valence-electron chi connectivity index (χ4n) is 8.08. The molecule has 2 heterocycles. The lowest BCUT2D eigenvalue weighted by Crippen LogP contribution is -2.47. The van der Waals surface area contributed by atoms with Crippen LogP contribution in [0.2, 0.25) is 0 Å². The molecule has 5 heteroatoms. The Morgan fingerprint density at radius 2 is 1.74 bits per heavy atom. The highest BCUT2D eigenvalue weighted by Gasteiger charge is 2.51. The highest BCUT2D eigenvalue weighted by Crippen LogP contribution is 2.61. The van der Waals surface area contributed by atoms with Gasteiger partial charge in [0.2, 0.25) is 0 Å². The van der Waals surface area contributed by atoms with Crippen LogP contribution in [0.15, 0.2) is 27.4 Å². The number of fused-ring (bicyclic) bond motifs is 1. The molecule has 34 heavy (non-hydrogen) atoms. The first-order chi connectivity index (χ1) is 16.4. The van der Waals surface area contributed by atoms with E-state index in [2.05, 4.69) is 11.9 Å². The van der Waals surface area contributed by atoms with Crippen LogP contribution in [0, 0.1) is 30.1 Å². The summed E-state index contributed by atoms with van der Waals surface area (Å²) in [4.78, 5) is 28.3. The van der Waals surface area contributed by atoms with E-state index in [9.17, 15) is 9.59 Å². The smallest absolute Gasteiger partial charge is 0.339 e. The quantitative estimate of drug-likeness (QED) is 0.545. The van der Waals surface area contributed by atoms with Gasteiger partial charge in [-0.1, -0.05) is 0 Å². The molecule has 5 nitrogen and oxygen atoms in total. The van der Waals surface area contributed by atoms with Crippen LogP contribution in [0.3, 0.4) is 0 Å². The van der Waals surface area contributed by atoms with Gasteiger partial charge < -0.3 is 14.1 Å². The van der Waals surface area contributed by atoms with Crippen molar-refractivity contribution in [3.63, 3.8) is 0 Å². The van der Waals surface area contributed by atoms with Gasteiger partial charge in [-0.2, -0.15) is 0 Å². The van der Waals surface area contributed by atoms with Gasteiger partial charge in [0.1, 0.15) is 23.2 Å².